The Bertz CT molecular complexity index is 1140. The molecule has 0 spiro atoms. The Labute approximate surface area is 377 Å². The molecule has 6 nitrogen and oxygen atoms in total. The van der Waals surface area contributed by atoms with Crippen LogP contribution in [-0.4, -0.2) is 46.9 Å². The number of rotatable bonds is 45. The van der Waals surface area contributed by atoms with Crippen molar-refractivity contribution in [1.29, 1.82) is 0 Å². The van der Waals surface area contributed by atoms with E-state index in [1.807, 2.05) is 0 Å². The van der Waals surface area contributed by atoms with Crippen molar-refractivity contribution in [2.45, 2.75) is 257 Å². The Balaban J connectivity index is 4.65. The first-order valence-corrected chi connectivity index (χ1v) is 25.7. The van der Waals surface area contributed by atoms with Crippen LogP contribution in [0.2, 0.25) is 0 Å². The average molecular weight is 852 g/mol. The molecule has 0 aliphatic heterocycles. The molecule has 3 N–H and O–H groups in total. The van der Waals surface area contributed by atoms with Crippen molar-refractivity contribution in [2.24, 2.45) is 0 Å². The number of ether oxygens (including phenoxy) is 1. The number of nitrogens with one attached hydrogen (secondary N) is 1. The predicted molar refractivity (Wildman–Crippen MR) is 264 cm³/mol. The lowest BCUT2D eigenvalue weighted by molar-refractivity contribution is -0.151. The van der Waals surface area contributed by atoms with Gasteiger partial charge in [0.2, 0.25) is 5.91 Å². The van der Waals surface area contributed by atoms with Crippen LogP contribution in [0.15, 0.2) is 72.9 Å². The maximum Gasteiger partial charge on any atom is 0.306 e. The maximum atomic E-state index is 13.2. The molecule has 3 atom stereocenters. The standard InChI is InChI=1S/C55H97NO5/c1-4-7-10-13-16-19-22-24-26-27-28-30-33-36-39-42-45-48-55(60)61-51(46-43-40-37-34-31-21-18-15-12-9-6-3)49-54(59)56-52(50-57)53(58)47-44-41-38-35-32-29-25-23-20-17-14-11-8-5-2/h7,10,16,19,24,26,28,30,34,36-37,39,51-53,57-58H,4-6,8-9,11-15,17-18,20-23,25,27,29,31-33,35,38,40-50H2,1-3H3,(H,56,59)/b10-7-,19-16-,26-24-,30-28-,37-34-,39-36-. The third-order valence-corrected chi connectivity index (χ3v) is 11.3. The lowest BCUT2D eigenvalue weighted by atomic mass is 10.0. The van der Waals surface area contributed by atoms with E-state index < -0.39 is 18.2 Å². The van der Waals surface area contributed by atoms with Crippen LogP contribution < -0.4 is 5.32 Å². The van der Waals surface area contributed by atoms with Gasteiger partial charge in [0.15, 0.2) is 0 Å². The van der Waals surface area contributed by atoms with Crippen molar-refractivity contribution < 1.29 is 24.5 Å². The number of carbonyl (C=O) groups is 2. The van der Waals surface area contributed by atoms with Gasteiger partial charge in [-0.25, -0.2) is 0 Å². The Hall–Kier alpha value is -2.70. The Kier molecular flexibility index (Phi) is 46.2. The second-order valence-electron chi connectivity index (χ2n) is 17.2. The molecular weight excluding hydrogens is 755 g/mol. The van der Waals surface area contributed by atoms with Gasteiger partial charge < -0.3 is 20.3 Å². The molecule has 6 heteroatoms. The van der Waals surface area contributed by atoms with E-state index in [4.69, 9.17) is 4.74 Å². The first-order valence-electron chi connectivity index (χ1n) is 25.7. The molecule has 0 aliphatic carbocycles. The minimum atomic E-state index is -0.806. The number of carbonyl (C=O) groups excluding carboxylic acids is 2. The molecular formula is C55H97NO5. The van der Waals surface area contributed by atoms with Gasteiger partial charge in [-0.15, -0.1) is 0 Å². The van der Waals surface area contributed by atoms with Crippen molar-refractivity contribution in [2.75, 3.05) is 6.61 Å². The van der Waals surface area contributed by atoms with E-state index in [0.717, 1.165) is 77.0 Å². The number of hydrogen-bond donors (Lipinski definition) is 3. The van der Waals surface area contributed by atoms with Crippen molar-refractivity contribution in [1.82, 2.24) is 5.32 Å². The minimum Gasteiger partial charge on any atom is -0.462 e. The molecule has 0 aliphatic rings. The van der Waals surface area contributed by atoms with E-state index in [9.17, 15) is 19.8 Å². The summed E-state index contributed by atoms with van der Waals surface area (Å²) in [6, 6.07) is -0.723. The summed E-state index contributed by atoms with van der Waals surface area (Å²) in [5.74, 6) is -0.574. The van der Waals surface area contributed by atoms with Gasteiger partial charge in [0.1, 0.15) is 6.10 Å². The molecule has 0 aromatic heterocycles. The molecule has 0 radical (unpaired) electrons. The number of hydrogen-bond acceptors (Lipinski definition) is 5. The number of allylic oxidation sites excluding steroid dienone is 12. The molecule has 0 saturated heterocycles. The first-order chi connectivity index (χ1) is 30.0. The van der Waals surface area contributed by atoms with Crippen LogP contribution in [0.3, 0.4) is 0 Å². The largest absolute Gasteiger partial charge is 0.462 e. The smallest absolute Gasteiger partial charge is 0.306 e. The van der Waals surface area contributed by atoms with Gasteiger partial charge >= 0.3 is 5.97 Å². The van der Waals surface area contributed by atoms with Gasteiger partial charge in [0.05, 0.1) is 25.2 Å². The van der Waals surface area contributed by atoms with Crippen LogP contribution in [0.4, 0.5) is 0 Å². The number of aliphatic hydroxyl groups excluding tert-OH is 2. The summed E-state index contributed by atoms with van der Waals surface area (Å²) in [6.45, 7) is 6.34. The maximum absolute atomic E-state index is 13.2. The number of esters is 1. The van der Waals surface area contributed by atoms with Crippen LogP contribution in [-0.2, 0) is 14.3 Å². The minimum absolute atomic E-state index is 0.0318. The molecule has 0 aromatic carbocycles. The first kappa shape index (κ1) is 58.3. The van der Waals surface area contributed by atoms with Gasteiger partial charge in [0, 0.05) is 6.42 Å². The topological polar surface area (TPSA) is 95.9 Å². The number of aliphatic hydroxyl groups is 2. The van der Waals surface area contributed by atoms with E-state index >= 15 is 0 Å². The van der Waals surface area contributed by atoms with Gasteiger partial charge in [0.25, 0.3) is 0 Å². The van der Waals surface area contributed by atoms with E-state index in [-0.39, 0.29) is 24.9 Å². The normalized spacial score (nSPS) is 13.9. The molecule has 0 bridgehead atoms. The van der Waals surface area contributed by atoms with Gasteiger partial charge in [-0.2, -0.15) is 0 Å². The SMILES string of the molecule is CC/C=C\C/C=C\C/C=C\C/C=C\C/C=C\CCCC(=O)OC(CCC/C=C\CCCCCCCC)CC(=O)NC(CO)C(O)CCCCCCCCCCCCCCCC. The lowest BCUT2D eigenvalue weighted by Gasteiger charge is -2.24. The highest BCUT2D eigenvalue weighted by Crippen LogP contribution is 2.17. The predicted octanol–water partition coefficient (Wildman–Crippen LogP) is 15.4. The average Bonchev–Trinajstić information content (AvgIpc) is 3.25. The summed E-state index contributed by atoms with van der Waals surface area (Å²) < 4.78 is 5.88. The fraction of sp³-hybridized carbons (Fsp3) is 0.745. The molecule has 1 amide bonds. The molecule has 61 heavy (non-hydrogen) atoms. The zero-order valence-corrected chi connectivity index (χ0v) is 40.0. The highest BCUT2D eigenvalue weighted by Gasteiger charge is 2.24. The summed E-state index contributed by atoms with van der Waals surface area (Å²) in [7, 11) is 0. The Morgan fingerprint density at radius 2 is 0.902 bits per heavy atom. The fourth-order valence-corrected chi connectivity index (χ4v) is 7.41. The quantitative estimate of drug-likeness (QED) is 0.0322. The molecule has 0 heterocycles. The molecule has 352 valence electrons. The highest BCUT2D eigenvalue weighted by atomic mass is 16.5. The summed E-state index contributed by atoms with van der Waals surface area (Å²) >= 11 is 0. The van der Waals surface area contributed by atoms with Crippen LogP contribution in [0.1, 0.15) is 239 Å². The van der Waals surface area contributed by atoms with E-state index in [1.54, 1.807) is 0 Å². The van der Waals surface area contributed by atoms with Gasteiger partial charge in [-0.05, 0) is 83.5 Å². The second-order valence-corrected chi connectivity index (χ2v) is 17.2. The van der Waals surface area contributed by atoms with Crippen LogP contribution in [0.25, 0.3) is 0 Å². The monoisotopic (exact) mass is 852 g/mol. The number of unbranched alkanes of at least 4 members (excludes halogenated alkanes) is 21. The molecule has 0 fully saturated rings. The second kappa shape index (κ2) is 48.3. The van der Waals surface area contributed by atoms with Gasteiger partial charge in [-0.3, -0.25) is 9.59 Å². The zero-order valence-electron chi connectivity index (χ0n) is 40.0. The fourth-order valence-electron chi connectivity index (χ4n) is 7.41. The third kappa shape index (κ3) is 43.7. The van der Waals surface area contributed by atoms with E-state index in [1.165, 1.54) is 109 Å². The Morgan fingerprint density at radius 3 is 1.39 bits per heavy atom. The molecule has 3 unspecified atom stereocenters. The van der Waals surface area contributed by atoms with Crippen molar-refractivity contribution in [3.63, 3.8) is 0 Å². The van der Waals surface area contributed by atoms with Crippen molar-refractivity contribution >= 4 is 11.9 Å². The summed E-state index contributed by atoms with van der Waals surface area (Å²) in [5, 5.41) is 23.7. The van der Waals surface area contributed by atoms with Crippen LogP contribution in [0.5, 0.6) is 0 Å². The van der Waals surface area contributed by atoms with E-state index in [2.05, 4.69) is 99.0 Å². The van der Waals surface area contributed by atoms with Gasteiger partial charge in [-0.1, -0.05) is 216 Å². The van der Waals surface area contributed by atoms with E-state index in [0.29, 0.717) is 25.7 Å². The van der Waals surface area contributed by atoms with Crippen LogP contribution >= 0.6 is 0 Å². The molecule has 0 rings (SSSR count). The molecule has 0 saturated carbocycles. The summed E-state index contributed by atoms with van der Waals surface area (Å²) in [4.78, 5) is 26.1. The zero-order chi connectivity index (χ0) is 44.5. The third-order valence-electron chi connectivity index (χ3n) is 11.3. The van der Waals surface area contributed by atoms with Crippen molar-refractivity contribution in [3.05, 3.63) is 72.9 Å². The van der Waals surface area contributed by atoms with Crippen molar-refractivity contribution in [3.8, 4) is 0 Å². The number of amides is 1. The van der Waals surface area contributed by atoms with Crippen LogP contribution in [0, 0.1) is 0 Å². The summed E-state index contributed by atoms with van der Waals surface area (Å²) in [5.41, 5.74) is 0. The highest BCUT2D eigenvalue weighted by molar-refractivity contribution is 5.77. The summed E-state index contributed by atoms with van der Waals surface area (Å²) in [6.07, 6.45) is 61.1. The Morgan fingerprint density at radius 1 is 0.492 bits per heavy atom. The lowest BCUT2D eigenvalue weighted by Crippen LogP contribution is -2.46. The molecule has 0 aromatic rings.